The Morgan fingerprint density at radius 2 is 2.13 bits per heavy atom. The Morgan fingerprint density at radius 3 is 2.97 bits per heavy atom. The van der Waals surface area contributed by atoms with Gasteiger partial charge in [-0.15, -0.1) is 0 Å². The van der Waals surface area contributed by atoms with Crippen LogP contribution in [0, 0.1) is 5.82 Å². The zero-order valence-electron chi connectivity index (χ0n) is 16.3. The molecule has 0 N–H and O–H groups in total. The summed E-state index contributed by atoms with van der Waals surface area (Å²) in [5, 5.41) is 0.0312. The monoisotopic (exact) mass is 439 g/mol. The summed E-state index contributed by atoms with van der Waals surface area (Å²) in [6.07, 6.45) is 4.75. The maximum absolute atomic E-state index is 14.7. The summed E-state index contributed by atoms with van der Waals surface area (Å²) in [7, 11) is 0. The van der Waals surface area contributed by atoms with Crippen LogP contribution < -0.4 is 9.64 Å². The van der Waals surface area contributed by atoms with Crippen molar-refractivity contribution in [1.29, 1.82) is 0 Å². The van der Waals surface area contributed by atoms with Crippen molar-refractivity contribution in [2.75, 3.05) is 37.7 Å². The average Bonchev–Trinajstić information content (AvgIpc) is 3.24. The third-order valence-electron chi connectivity index (χ3n) is 6.24. The molecular formula is C20H21ClF3N5O. The van der Waals surface area contributed by atoms with Crippen molar-refractivity contribution < 1.29 is 17.9 Å². The first-order valence-corrected chi connectivity index (χ1v) is 10.5. The van der Waals surface area contributed by atoms with Crippen molar-refractivity contribution in [1.82, 2.24) is 19.9 Å². The molecule has 0 amide bonds. The molecule has 0 unspecified atom stereocenters. The number of rotatable bonds is 4. The predicted molar refractivity (Wildman–Crippen MR) is 107 cm³/mol. The molecule has 2 aromatic heterocycles. The molecule has 160 valence electrons. The Bertz CT molecular complexity index is 1020. The van der Waals surface area contributed by atoms with Gasteiger partial charge in [-0.2, -0.15) is 9.97 Å². The van der Waals surface area contributed by atoms with Crippen molar-refractivity contribution in [3.63, 3.8) is 0 Å². The Hall–Kier alpha value is -2.13. The predicted octanol–water partition coefficient (Wildman–Crippen LogP) is 3.84. The van der Waals surface area contributed by atoms with Crippen molar-refractivity contribution >= 4 is 28.3 Å². The van der Waals surface area contributed by atoms with Crippen LogP contribution in [-0.2, 0) is 0 Å². The van der Waals surface area contributed by atoms with E-state index < -0.39 is 12.0 Å². The molecule has 0 saturated carbocycles. The standard InChI is InChI=1S/C20H21ClF3N5O/c21-17-15(24)16-14(8-25-17)18(28-5-1-3-12(22)9-28)27-19(26-16)30-11-20-4-2-6-29(20)10-13(23)7-20/h3,8,13H,1-2,4-7,9-11H2/t13-,20+/m1/s1. The smallest absolute Gasteiger partial charge is 0.319 e. The van der Waals surface area contributed by atoms with Crippen LogP contribution in [0.15, 0.2) is 18.1 Å². The van der Waals surface area contributed by atoms with Gasteiger partial charge in [0.15, 0.2) is 11.0 Å². The molecule has 30 heavy (non-hydrogen) atoms. The summed E-state index contributed by atoms with van der Waals surface area (Å²) in [6.45, 7) is 2.00. The molecule has 2 saturated heterocycles. The first-order chi connectivity index (χ1) is 14.4. The lowest BCUT2D eigenvalue weighted by molar-refractivity contribution is 0.107. The topological polar surface area (TPSA) is 54.4 Å². The highest BCUT2D eigenvalue weighted by Gasteiger charge is 2.49. The highest BCUT2D eigenvalue weighted by molar-refractivity contribution is 6.30. The van der Waals surface area contributed by atoms with E-state index >= 15 is 0 Å². The quantitative estimate of drug-likeness (QED) is 0.675. The van der Waals surface area contributed by atoms with Crippen molar-refractivity contribution in [2.45, 2.75) is 37.4 Å². The van der Waals surface area contributed by atoms with Crippen LogP contribution in [0.3, 0.4) is 0 Å². The first kappa shape index (κ1) is 19.8. The number of pyridine rings is 1. The van der Waals surface area contributed by atoms with Crippen LogP contribution in [0.5, 0.6) is 6.01 Å². The number of halogens is 4. The fraction of sp³-hybridized carbons (Fsp3) is 0.550. The van der Waals surface area contributed by atoms with E-state index in [4.69, 9.17) is 16.3 Å². The second-order valence-electron chi connectivity index (χ2n) is 8.18. The van der Waals surface area contributed by atoms with E-state index in [9.17, 15) is 13.2 Å². The van der Waals surface area contributed by atoms with E-state index in [1.165, 1.54) is 12.3 Å². The van der Waals surface area contributed by atoms with Gasteiger partial charge in [-0.05, 0) is 31.9 Å². The number of aromatic nitrogens is 3. The van der Waals surface area contributed by atoms with Gasteiger partial charge in [-0.25, -0.2) is 18.2 Å². The van der Waals surface area contributed by atoms with Crippen LogP contribution >= 0.6 is 11.6 Å². The lowest BCUT2D eigenvalue weighted by Gasteiger charge is -2.31. The highest BCUT2D eigenvalue weighted by Crippen LogP contribution is 2.40. The number of fused-ring (bicyclic) bond motifs is 2. The molecule has 2 aromatic rings. The first-order valence-electron chi connectivity index (χ1n) is 10.1. The molecule has 0 bridgehead atoms. The van der Waals surface area contributed by atoms with Gasteiger partial charge in [-0.3, -0.25) is 4.90 Å². The van der Waals surface area contributed by atoms with E-state index in [1.807, 2.05) is 0 Å². The van der Waals surface area contributed by atoms with E-state index in [0.717, 1.165) is 19.4 Å². The molecule has 3 aliphatic rings. The normalized spacial score (nSPS) is 26.9. The molecule has 5 heterocycles. The molecule has 0 radical (unpaired) electrons. The molecule has 0 aromatic carbocycles. The largest absolute Gasteiger partial charge is 0.461 e. The van der Waals surface area contributed by atoms with Gasteiger partial charge in [0.1, 0.15) is 29.9 Å². The fourth-order valence-electron chi connectivity index (χ4n) is 4.84. The molecule has 2 fully saturated rings. The summed E-state index contributed by atoms with van der Waals surface area (Å²) in [6, 6.07) is -0.0304. The van der Waals surface area contributed by atoms with Crippen LogP contribution in [-0.4, -0.2) is 64.3 Å². The number of anilines is 1. The van der Waals surface area contributed by atoms with E-state index in [0.29, 0.717) is 37.1 Å². The minimum absolute atomic E-state index is 0.0248. The molecule has 10 heteroatoms. The Morgan fingerprint density at radius 1 is 1.27 bits per heavy atom. The van der Waals surface area contributed by atoms with Crippen molar-refractivity contribution in [2.24, 2.45) is 0 Å². The Labute approximate surface area is 176 Å². The van der Waals surface area contributed by atoms with E-state index in [2.05, 4.69) is 19.9 Å². The summed E-state index contributed by atoms with van der Waals surface area (Å²) < 4.78 is 48.5. The van der Waals surface area contributed by atoms with Crippen molar-refractivity contribution in [3.8, 4) is 6.01 Å². The lowest BCUT2D eigenvalue weighted by Crippen LogP contribution is -2.43. The number of hydrogen-bond acceptors (Lipinski definition) is 6. The van der Waals surface area contributed by atoms with E-state index in [1.54, 1.807) is 4.90 Å². The average molecular weight is 440 g/mol. The Kier molecular flexibility index (Phi) is 4.97. The number of ether oxygens (including phenoxy) is 1. The second-order valence-corrected chi connectivity index (χ2v) is 8.54. The minimum Gasteiger partial charge on any atom is -0.461 e. The fourth-order valence-corrected chi connectivity index (χ4v) is 4.97. The molecule has 5 rings (SSSR count). The van der Waals surface area contributed by atoms with Crippen molar-refractivity contribution in [3.05, 3.63) is 29.1 Å². The van der Waals surface area contributed by atoms with Gasteiger partial charge in [-0.1, -0.05) is 11.6 Å². The molecule has 0 aliphatic carbocycles. The van der Waals surface area contributed by atoms with Crippen LogP contribution in [0.4, 0.5) is 19.0 Å². The Balaban J connectivity index is 1.51. The highest BCUT2D eigenvalue weighted by atomic mass is 35.5. The third-order valence-corrected chi connectivity index (χ3v) is 6.50. The molecule has 6 nitrogen and oxygen atoms in total. The van der Waals surface area contributed by atoms with Gasteiger partial charge in [0.25, 0.3) is 0 Å². The number of nitrogens with zero attached hydrogens (tertiary/aromatic N) is 5. The van der Waals surface area contributed by atoms with Crippen LogP contribution in [0.1, 0.15) is 25.7 Å². The minimum atomic E-state index is -0.882. The van der Waals surface area contributed by atoms with E-state index in [-0.39, 0.29) is 41.2 Å². The third kappa shape index (κ3) is 3.37. The summed E-state index contributed by atoms with van der Waals surface area (Å²) in [4.78, 5) is 16.4. The summed E-state index contributed by atoms with van der Waals surface area (Å²) >= 11 is 5.85. The van der Waals surface area contributed by atoms with Gasteiger partial charge >= 0.3 is 6.01 Å². The number of alkyl halides is 1. The maximum atomic E-state index is 14.7. The molecule has 2 atom stereocenters. The van der Waals surface area contributed by atoms with Gasteiger partial charge < -0.3 is 9.64 Å². The molecule has 3 aliphatic heterocycles. The summed E-state index contributed by atoms with van der Waals surface area (Å²) in [5.74, 6) is -0.712. The molecule has 0 spiro atoms. The van der Waals surface area contributed by atoms with Gasteiger partial charge in [0.05, 0.1) is 17.5 Å². The summed E-state index contributed by atoms with van der Waals surface area (Å²) in [5.41, 5.74) is -0.410. The number of hydrogen-bond donors (Lipinski definition) is 0. The van der Waals surface area contributed by atoms with Gasteiger partial charge in [0, 0.05) is 25.7 Å². The molecular weight excluding hydrogens is 419 g/mol. The zero-order chi connectivity index (χ0) is 20.9. The zero-order valence-corrected chi connectivity index (χ0v) is 17.0. The lowest BCUT2D eigenvalue weighted by atomic mass is 9.95. The van der Waals surface area contributed by atoms with Gasteiger partial charge in [0.2, 0.25) is 0 Å². The SMILES string of the molecule is FC1=CCCN(c2nc(OC[C@@]34CCCN3C[C@H](F)C4)nc3c(F)c(Cl)ncc23)C1. The van der Waals surface area contributed by atoms with Crippen LogP contribution in [0.25, 0.3) is 10.9 Å². The van der Waals surface area contributed by atoms with Crippen LogP contribution in [0.2, 0.25) is 5.15 Å². The second kappa shape index (κ2) is 7.53. The maximum Gasteiger partial charge on any atom is 0.319 e.